The van der Waals surface area contributed by atoms with Gasteiger partial charge in [-0.15, -0.1) is 0 Å². The summed E-state index contributed by atoms with van der Waals surface area (Å²) in [5.74, 6) is -0.688. The average molecular weight is 452 g/mol. The number of hydrogen-bond donors (Lipinski definition) is 2. The number of ether oxygens (including phenoxy) is 2. The van der Waals surface area contributed by atoms with Crippen LogP contribution in [0.3, 0.4) is 0 Å². The second-order valence-electron chi connectivity index (χ2n) is 8.78. The van der Waals surface area contributed by atoms with Crippen LogP contribution in [0, 0.1) is 11.7 Å². The molecule has 9 heteroatoms. The van der Waals surface area contributed by atoms with E-state index in [1.54, 1.807) is 43.9 Å². The van der Waals surface area contributed by atoms with Crippen molar-refractivity contribution >= 4 is 17.9 Å². The minimum absolute atomic E-state index is 0.0359. The SMILES string of the molecule is CC(C)(C)OC(=O)NCCNC(=O)C1CCCN(C(=O)CCCOc2ccccc2F)C1. The summed E-state index contributed by atoms with van der Waals surface area (Å²) in [6.45, 7) is 7.13. The molecule has 1 aliphatic heterocycles. The number of piperidine rings is 1. The molecule has 0 aromatic heterocycles. The first-order valence-electron chi connectivity index (χ1n) is 11.1. The number of hydrogen-bond acceptors (Lipinski definition) is 5. The van der Waals surface area contributed by atoms with Crippen molar-refractivity contribution in [3.63, 3.8) is 0 Å². The number of amides is 3. The third-order valence-corrected chi connectivity index (χ3v) is 4.87. The molecule has 1 aliphatic rings. The number of carbonyl (C=O) groups excluding carboxylic acids is 3. The maximum Gasteiger partial charge on any atom is 0.407 e. The van der Waals surface area contributed by atoms with Gasteiger partial charge >= 0.3 is 6.09 Å². The van der Waals surface area contributed by atoms with Gasteiger partial charge in [-0.3, -0.25) is 9.59 Å². The number of alkyl carbamates (subject to hydrolysis) is 1. The van der Waals surface area contributed by atoms with Crippen LogP contribution in [0.4, 0.5) is 9.18 Å². The summed E-state index contributed by atoms with van der Waals surface area (Å²) < 4.78 is 24.1. The Kier molecular flexibility index (Phi) is 9.74. The first-order chi connectivity index (χ1) is 15.2. The molecule has 0 bridgehead atoms. The molecule has 1 heterocycles. The first-order valence-corrected chi connectivity index (χ1v) is 11.1. The van der Waals surface area contributed by atoms with Crippen LogP contribution in [0.5, 0.6) is 5.75 Å². The van der Waals surface area contributed by atoms with Crippen LogP contribution in [0.1, 0.15) is 46.5 Å². The van der Waals surface area contributed by atoms with Crippen LogP contribution >= 0.6 is 0 Å². The van der Waals surface area contributed by atoms with E-state index >= 15 is 0 Å². The highest BCUT2D eigenvalue weighted by Crippen LogP contribution is 2.19. The highest BCUT2D eigenvalue weighted by molar-refractivity contribution is 5.81. The molecule has 178 valence electrons. The molecule has 2 rings (SSSR count). The quantitative estimate of drug-likeness (QED) is 0.563. The molecule has 8 nitrogen and oxygen atoms in total. The van der Waals surface area contributed by atoms with Gasteiger partial charge in [0.15, 0.2) is 11.6 Å². The van der Waals surface area contributed by atoms with Gasteiger partial charge in [-0.2, -0.15) is 0 Å². The zero-order valence-corrected chi connectivity index (χ0v) is 19.1. The summed E-state index contributed by atoms with van der Waals surface area (Å²) in [6, 6.07) is 6.16. The Balaban J connectivity index is 1.65. The molecule has 0 radical (unpaired) electrons. The van der Waals surface area contributed by atoms with Gasteiger partial charge in [-0.1, -0.05) is 12.1 Å². The topological polar surface area (TPSA) is 97.0 Å². The third-order valence-electron chi connectivity index (χ3n) is 4.87. The van der Waals surface area contributed by atoms with Crippen LogP contribution in [-0.4, -0.2) is 61.2 Å². The van der Waals surface area contributed by atoms with Gasteiger partial charge in [-0.25, -0.2) is 9.18 Å². The molecule has 0 aliphatic carbocycles. The van der Waals surface area contributed by atoms with Gasteiger partial charge < -0.3 is 25.0 Å². The Bertz CT molecular complexity index is 781. The van der Waals surface area contributed by atoms with Gasteiger partial charge in [0.1, 0.15) is 5.60 Å². The molecule has 1 unspecified atom stereocenters. The summed E-state index contributed by atoms with van der Waals surface area (Å²) in [6.07, 6.45) is 1.69. The number of rotatable bonds is 9. The summed E-state index contributed by atoms with van der Waals surface area (Å²) in [5.41, 5.74) is -0.574. The average Bonchev–Trinajstić information content (AvgIpc) is 2.74. The van der Waals surface area contributed by atoms with Gasteiger partial charge in [0, 0.05) is 32.6 Å². The second-order valence-corrected chi connectivity index (χ2v) is 8.78. The van der Waals surface area contributed by atoms with Gasteiger partial charge in [0.05, 0.1) is 12.5 Å². The lowest BCUT2D eigenvalue weighted by atomic mass is 9.96. The molecule has 1 aromatic carbocycles. The fraction of sp³-hybridized carbons (Fsp3) is 0.609. The van der Waals surface area contributed by atoms with Crippen molar-refractivity contribution in [1.29, 1.82) is 0 Å². The highest BCUT2D eigenvalue weighted by Gasteiger charge is 2.28. The van der Waals surface area contributed by atoms with Crippen LogP contribution < -0.4 is 15.4 Å². The van der Waals surface area contributed by atoms with Gasteiger partial charge in [-0.05, 0) is 52.2 Å². The molecule has 2 N–H and O–H groups in total. The van der Waals surface area contributed by atoms with Crippen molar-refractivity contribution in [3.05, 3.63) is 30.1 Å². The van der Waals surface area contributed by atoms with Gasteiger partial charge in [0.25, 0.3) is 0 Å². The van der Waals surface area contributed by atoms with Crippen LogP contribution in [0.25, 0.3) is 0 Å². The third kappa shape index (κ3) is 9.11. The van der Waals surface area contributed by atoms with Crippen LogP contribution in [0.15, 0.2) is 24.3 Å². The zero-order chi connectivity index (χ0) is 23.6. The Hall–Kier alpha value is -2.84. The molecule has 3 amide bonds. The Labute approximate surface area is 188 Å². The van der Waals surface area contributed by atoms with Crippen molar-refractivity contribution in [2.75, 3.05) is 32.8 Å². The van der Waals surface area contributed by atoms with E-state index in [1.807, 2.05) is 0 Å². The molecule has 1 saturated heterocycles. The lowest BCUT2D eigenvalue weighted by Gasteiger charge is -2.32. The number of carbonyl (C=O) groups is 3. The first kappa shape index (κ1) is 25.4. The van der Waals surface area contributed by atoms with Crippen molar-refractivity contribution in [2.45, 2.75) is 52.1 Å². The van der Waals surface area contributed by atoms with Gasteiger partial charge in [0.2, 0.25) is 11.8 Å². The zero-order valence-electron chi connectivity index (χ0n) is 19.1. The largest absolute Gasteiger partial charge is 0.491 e. The summed E-state index contributed by atoms with van der Waals surface area (Å²) in [5, 5.41) is 5.40. The smallest absolute Gasteiger partial charge is 0.407 e. The predicted octanol–water partition coefficient (Wildman–Crippen LogP) is 2.86. The van der Waals surface area contributed by atoms with Crippen molar-refractivity contribution in [3.8, 4) is 5.75 Å². The maximum absolute atomic E-state index is 13.5. The number of nitrogens with zero attached hydrogens (tertiary/aromatic N) is 1. The molecule has 1 aromatic rings. The summed E-state index contributed by atoms with van der Waals surface area (Å²) in [7, 11) is 0. The molecule has 0 spiro atoms. The molecule has 1 atom stereocenters. The van der Waals surface area contributed by atoms with E-state index < -0.39 is 17.5 Å². The van der Waals surface area contributed by atoms with E-state index in [-0.39, 0.29) is 49.6 Å². The Morgan fingerprint density at radius 1 is 1.16 bits per heavy atom. The van der Waals surface area contributed by atoms with Crippen molar-refractivity contribution in [1.82, 2.24) is 15.5 Å². The van der Waals surface area contributed by atoms with Crippen molar-refractivity contribution in [2.24, 2.45) is 5.92 Å². The lowest BCUT2D eigenvalue weighted by molar-refractivity contribution is -0.135. The van der Waals surface area contributed by atoms with E-state index in [4.69, 9.17) is 9.47 Å². The summed E-state index contributed by atoms with van der Waals surface area (Å²) in [4.78, 5) is 38.3. The fourth-order valence-electron chi connectivity index (χ4n) is 3.35. The molecule has 32 heavy (non-hydrogen) atoms. The fourth-order valence-corrected chi connectivity index (χ4v) is 3.35. The number of para-hydroxylation sites is 1. The van der Waals surface area contributed by atoms with Crippen molar-refractivity contribution < 1.29 is 28.2 Å². The van der Waals surface area contributed by atoms with E-state index in [1.165, 1.54) is 6.07 Å². The standard InChI is InChI=1S/C23H34FN3O5/c1-23(2,3)32-22(30)26-13-12-25-21(29)17-8-6-14-27(16-17)20(28)11-7-15-31-19-10-5-4-9-18(19)24/h4-5,9-10,17H,6-8,11-16H2,1-3H3,(H,25,29)(H,26,30). The Morgan fingerprint density at radius 2 is 1.88 bits per heavy atom. The monoisotopic (exact) mass is 451 g/mol. The predicted molar refractivity (Wildman–Crippen MR) is 118 cm³/mol. The molecular weight excluding hydrogens is 417 g/mol. The minimum Gasteiger partial charge on any atom is -0.491 e. The van der Waals surface area contributed by atoms with E-state index in [2.05, 4.69) is 10.6 Å². The number of halogens is 1. The molecule has 0 saturated carbocycles. The van der Waals surface area contributed by atoms with E-state index in [0.717, 1.165) is 6.42 Å². The lowest BCUT2D eigenvalue weighted by Crippen LogP contribution is -2.46. The normalized spacial score (nSPS) is 16.2. The van der Waals surface area contributed by atoms with Crippen LogP contribution in [-0.2, 0) is 14.3 Å². The maximum atomic E-state index is 13.5. The number of nitrogens with one attached hydrogen (secondary N) is 2. The minimum atomic E-state index is -0.574. The Morgan fingerprint density at radius 3 is 2.59 bits per heavy atom. The highest BCUT2D eigenvalue weighted by atomic mass is 19.1. The molecule has 1 fully saturated rings. The number of benzene rings is 1. The summed E-state index contributed by atoms with van der Waals surface area (Å²) >= 11 is 0. The number of likely N-dealkylation sites (tertiary alicyclic amines) is 1. The van der Waals surface area contributed by atoms with E-state index in [0.29, 0.717) is 25.9 Å². The second kappa shape index (κ2) is 12.3. The molecular formula is C23H34FN3O5. The van der Waals surface area contributed by atoms with Crippen LogP contribution in [0.2, 0.25) is 0 Å². The van der Waals surface area contributed by atoms with E-state index in [9.17, 15) is 18.8 Å².